The lowest BCUT2D eigenvalue weighted by Crippen LogP contribution is -2.50. The molecule has 180 valence electrons. The molecule has 0 saturated carbocycles. The Morgan fingerprint density at radius 3 is 2.69 bits per heavy atom. The van der Waals surface area contributed by atoms with Crippen molar-refractivity contribution in [3.8, 4) is 5.88 Å². The van der Waals surface area contributed by atoms with Crippen molar-refractivity contribution in [2.24, 2.45) is 16.1 Å². The van der Waals surface area contributed by atoms with Crippen molar-refractivity contribution in [1.82, 2.24) is 4.98 Å². The van der Waals surface area contributed by atoms with Gasteiger partial charge in [0, 0.05) is 29.5 Å². The molecule has 1 aromatic heterocycles. The quantitative estimate of drug-likeness (QED) is 0.493. The van der Waals surface area contributed by atoms with E-state index in [0.717, 1.165) is 17.4 Å². The van der Waals surface area contributed by atoms with Crippen LogP contribution in [0.1, 0.15) is 21.6 Å². The number of carboxylic acids is 1. The first-order valence-corrected chi connectivity index (χ1v) is 12.0. The average Bonchev–Trinajstić information content (AvgIpc) is 3.37. The van der Waals surface area contributed by atoms with Crippen molar-refractivity contribution in [2.45, 2.75) is 12.6 Å². The Morgan fingerprint density at radius 2 is 1.97 bits per heavy atom. The van der Waals surface area contributed by atoms with Crippen LogP contribution in [0.5, 0.6) is 5.88 Å². The van der Waals surface area contributed by atoms with Gasteiger partial charge in [-0.15, -0.1) is 0 Å². The van der Waals surface area contributed by atoms with Crippen molar-refractivity contribution in [1.29, 1.82) is 0 Å². The van der Waals surface area contributed by atoms with E-state index in [4.69, 9.17) is 5.11 Å². The van der Waals surface area contributed by atoms with Crippen LogP contribution in [0, 0.1) is 5.92 Å². The first-order valence-electron chi connectivity index (χ1n) is 10.4. The van der Waals surface area contributed by atoms with Crippen molar-refractivity contribution in [2.75, 3.05) is 18.0 Å². The summed E-state index contributed by atoms with van der Waals surface area (Å²) < 4.78 is 41.8. The van der Waals surface area contributed by atoms with Crippen LogP contribution in [-0.4, -0.2) is 40.5 Å². The smallest absolute Gasteiger partial charge is 0.416 e. The van der Waals surface area contributed by atoms with Crippen LogP contribution in [0.2, 0.25) is 0 Å². The number of carbonyl (C=O) groups is 1. The topological polar surface area (TPSA) is 98.4 Å². The van der Waals surface area contributed by atoms with E-state index in [9.17, 15) is 23.1 Å². The van der Waals surface area contributed by atoms with Crippen LogP contribution in [0.15, 0.2) is 51.1 Å². The molecular formula is C23H16BrF3N4O3S. The molecule has 5 rings (SSSR count). The van der Waals surface area contributed by atoms with Crippen LogP contribution < -0.4 is 15.5 Å². The van der Waals surface area contributed by atoms with Gasteiger partial charge in [0.05, 0.1) is 27.9 Å². The van der Waals surface area contributed by atoms with Gasteiger partial charge in [0.2, 0.25) is 5.88 Å². The number of aromatic nitrogens is 1. The monoisotopic (exact) mass is 564 g/mol. The molecular weight excluding hydrogens is 549 g/mol. The summed E-state index contributed by atoms with van der Waals surface area (Å²) in [5.74, 6) is -1.75. The lowest BCUT2D eigenvalue weighted by atomic mass is 9.96. The molecule has 0 atom stereocenters. The van der Waals surface area contributed by atoms with Gasteiger partial charge in [-0.1, -0.05) is 39.4 Å². The van der Waals surface area contributed by atoms with E-state index in [2.05, 4.69) is 31.1 Å². The highest BCUT2D eigenvalue weighted by Crippen LogP contribution is 2.40. The number of hydrogen-bond donors (Lipinski definition) is 2. The maximum absolute atomic E-state index is 13.8. The van der Waals surface area contributed by atoms with E-state index in [1.807, 2.05) is 0 Å². The largest absolute Gasteiger partial charge is 0.492 e. The zero-order valence-corrected chi connectivity index (χ0v) is 20.2. The molecule has 0 bridgehead atoms. The minimum Gasteiger partial charge on any atom is -0.492 e. The number of benzene rings is 2. The molecule has 1 fully saturated rings. The number of carboxylic acid groups (broad SMARTS) is 1. The van der Waals surface area contributed by atoms with Gasteiger partial charge in [0.25, 0.3) is 0 Å². The molecule has 0 radical (unpaired) electrons. The van der Waals surface area contributed by atoms with E-state index in [-0.39, 0.29) is 31.0 Å². The van der Waals surface area contributed by atoms with Gasteiger partial charge in [-0.2, -0.15) is 28.4 Å². The molecule has 2 aromatic carbocycles. The highest BCUT2D eigenvalue weighted by Gasteiger charge is 2.36. The van der Waals surface area contributed by atoms with Crippen molar-refractivity contribution >= 4 is 50.2 Å². The zero-order valence-electron chi connectivity index (χ0n) is 17.8. The summed E-state index contributed by atoms with van der Waals surface area (Å²) in [4.78, 5) is 17.4. The summed E-state index contributed by atoms with van der Waals surface area (Å²) in [6, 6.07) is 9.19. The second-order valence-corrected chi connectivity index (χ2v) is 10.1. The number of aliphatic carboxylic acids is 1. The molecule has 1 saturated heterocycles. The predicted octanol–water partition coefficient (Wildman–Crippen LogP) is 3.56. The lowest BCUT2D eigenvalue weighted by molar-refractivity contribution is -0.142. The van der Waals surface area contributed by atoms with Crippen molar-refractivity contribution in [3.05, 3.63) is 73.0 Å². The van der Waals surface area contributed by atoms with Gasteiger partial charge < -0.3 is 15.1 Å². The molecule has 2 aliphatic heterocycles. The number of rotatable bonds is 5. The third-order valence-corrected chi connectivity index (χ3v) is 7.51. The number of halogens is 4. The Kier molecular flexibility index (Phi) is 5.88. The number of hydrogen-bond acceptors (Lipinski definition) is 7. The molecule has 3 aromatic rings. The molecule has 7 nitrogen and oxygen atoms in total. The number of nitrogens with zero attached hydrogens (tertiary/aromatic N) is 4. The second kappa shape index (κ2) is 8.76. The lowest BCUT2D eigenvalue weighted by Gasteiger charge is -2.36. The minimum absolute atomic E-state index is 0.0406. The van der Waals surface area contributed by atoms with Crippen LogP contribution in [0.25, 0.3) is 5.57 Å². The maximum Gasteiger partial charge on any atom is 0.416 e. The molecule has 12 heteroatoms. The molecule has 2 N–H and O–H groups in total. The third kappa shape index (κ3) is 4.55. The summed E-state index contributed by atoms with van der Waals surface area (Å²) in [5.41, 5.74) is 0.428. The van der Waals surface area contributed by atoms with E-state index in [0.29, 0.717) is 36.2 Å². The van der Waals surface area contributed by atoms with Gasteiger partial charge in [-0.25, -0.2) is 0 Å². The summed E-state index contributed by atoms with van der Waals surface area (Å²) in [6.07, 6.45) is -3.14. The average molecular weight is 565 g/mol. The number of alkyl halides is 3. The normalized spacial score (nSPS) is 16.1. The minimum atomic E-state index is -4.57. The first kappa shape index (κ1) is 23.5. The Hall–Kier alpha value is -3.25. The zero-order chi connectivity index (χ0) is 24.9. The maximum atomic E-state index is 13.8. The number of thiazole rings is 1. The fourth-order valence-electron chi connectivity index (χ4n) is 3.98. The molecule has 0 unspecified atom stereocenters. The van der Waals surface area contributed by atoms with Crippen LogP contribution in [0.3, 0.4) is 0 Å². The molecule has 3 heterocycles. The van der Waals surface area contributed by atoms with Gasteiger partial charge in [-0.3, -0.25) is 4.79 Å². The van der Waals surface area contributed by atoms with Gasteiger partial charge >= 0.3 is 12.1 Å². The second-order valence-electron chi connectivity index (χ2n) is 8.16. The standard InChI is InChI=1S/C23H16BrF3N4O3S/c24-15-3-1-12(17(7-15)23(25,26)27)6-16(11-2-4-18-13(5-11)8-28-30-18)19-20(32)29-22(35-19)31-9-14(10-31)21(33)34/h1-5,7-8,14,32H,6,9-10H2,(H,33,34). The van der Waals surface area contributed by atoms with E-state index in [1.54, 1.807) is 35.4 Å². The highest BCUT2D eigenvalue weighted by molar-refractivity contribution is 9.10. The van der Waals surface area contributed by atoms with E-state index in [1.165, 1.54) is 6.07 Å². The van der Waals surface area contributed by atoms with Crippen molar-refractivity contribution < 1.29 is 28.2 Å². The number of fused-ring (bicyclic) bond motifs is 1. The molecule has 0 amide bonds. The SMILES string of the molecule is O=C(O)C1CN(c2nc(O)c(C(Cc3ccc(Br)cc3C(F)(F)F)=c3ccc4c(c3)C=NN=4)s2)C1. The van der Waals surface area contributed by atoms with E-state index >= 15 is 0 Å². The molecule has 0 aliphatic carbocycles. The van der Waals surface area contributed by atoms with Gasteiger partial charge in [0.15, 0.2) is 5.13 Å². The van der Waals surface area contributed by atoms with E-state index < -0.39 is 23.6 Å². The number of aromatic hydroxyl groups is 1. The summed E-state index contributed by atoms with van der Waals surface area (Å²) in [7, 11) is 0. The first-order chi connectivity index (χ1) is 16.6. The fourth-order valence-corrected chi connectivity index (χ4v) is 5.39. The summed E-state index contributed by atoms with van der Waals surface area (Å²) >= 11 is 4.23. The Labute approximate surface area is 208 Å². The summed E-state index contributed by atoms with van der Waals surface area (Å²) in [6.45, 7) is 0.498. The van der Waals surface area contributed by atoms with Crippen LogP contribution >= 0.6 is 27.3 Å². The van der Waals surface area contributed by atoms with Crippen molar-refractivity contribution in [3.63, 3.8) is 0 Å². The summed E-state index contributed by atoms with van der Waals surface area (Å²) in [5, 5.41) is 29.4. The fraction of sp³-hybridized carbons (Fsp3) is 0.217. The molecule has 2 aliphatic rings. The molecule has 35 heavy (non-hydrogen) atoms. The highest BCUT2D eigenvalue weighted by atomic mass is 79.9. The predicted molar refractivity (Wildman–Crippen MR) is 127 cm³/mol. The van der Waals surface area contributed by atoms with Gasteiger partial charge in [-0.05, 0) is 40.6 Å². The Morgan fingerprint density at radius 1 is 1.20 bits per heavy atom. The van der Waals surface area contributed by atoms with Crippen LogP contribution in [-0.2, 0) is 17.4 Å². The third-order valence-electron chi connectivity index (χ3n) is 5.86. The van der Waals surface area contributed by atoms with Gasteiger partial charge in [0.1, 0.15) is 0 Å². The molecule has 0 spiro atoms. The van der Waals surface area contributed by atoms with Crippen LogP contribution in [0.4, 0.5) is 18.3 Å². The Balaban J connectivity index is 1.63. The Bertz CT molecular complexity index is 1500. The number of anilines is 1.